The van der Waals surface area contributed by atoms with Crippen LogP contribution in [0.25, 0.3) is 0 Å². The Balaban J connectivity index is 3.09. The van der Waals surface area contributed by atoms with Crippen molar-refractivity contribution in [2.45, 2.75) is 6.92 Å². The summed E-state index contributed by atoms with van der Waals surface area (Å²) in [5.41, 5.74) is 0.0853. The molecule has 0 saturated heterocycles. The molecule has 1 heterocycles. The molecule has 0 aliphatic rings. The smallest absolute Gasteiger partial charge is 0.357 e. The second kappa shape index (κ2) is 4.50. The van der Waals surface area contributed by atoms with Gasteiger partial charge in [0.05, 0.1) is 19.3 Å². The molecule has 0 spiro atoms. The summed E-state index contributed by atoms with van der Waals surface area (Å²) in [6.45, 7) is 1.88. The standard InChI is InChI=1S/C9H12N2O4/c1-3-15-9(13)7-6(8(12)14-2)4-5-11(7)10/h4-5H,3,10H2,1-2H3. The minimum Gasteiger partial charge on any atom is -0.465 e. The number of hydrogen-bond donors (Lipinski definition) is 1. The first-order chi connectivity index (χ1) is 7.11. The maximum absolute atomic E-state index is 11.4. The summed E-state index contributed by atoms with van der Waals surface area (Å²) in [5, 5.41) is 0. The third-order valence-electron chi connectivity index (χ3n) is 1.79. The van der Waals surface area contributed by atoms with Gasteiger partial charge in [0.2, 0.25) is 0 Å². The Labute approximate surface area is 86.5 Å². The van der Waals surface area contributed by atoms with Crippen LogP contribution in [0.4, 0.5) is 0 Å². The summed E-state index contributed by atoms with van der Waals surface area (Å²) in [6, 6.07) is 1.40. The van der Waals surface area contributed by atoms with Crippen LogP contribution in [-0.4, -0.2) is 30.3 Å². The third-order valence-corrected chi connectivity index (χ3v) is 1.79. The maximum atomic E-state index is 11.4. The van der Waals surface area contributed by atoms with Gasteiger partial charge in [-0.1, -0.05) is 0 Å². The molecule has 0 aliphatic heterocycles. The van der Waals surface area contributed by atoms with Crippen LogP contribution < -0.4 is 5.84 Å². The highest BCUT2D eigenvalue weighted by Gasteiger charge is 2.22. The highest BCUT2D eigenvalue weighted by atomic mass is 16.5. The second-order valence-corrected chi connectivity index (χ2v) is 2.70. The molecule has 1 rings (SSSR count). The molecule has 0 amide bonds. The van der Waals surface area contributed by atoms with E-state index >= 15 is 0 Å². The van der Waals surface area contributed by atoms with Gasteiger partial charge in [0.25, 0.3) is 0 Å². The lowest BCUT2D eigenvalue weighted by atomic mass is 10.2. The predicted molar refractivity (Wildman–Crippen MR) is 51.9 cm³/mol. The molecule has 0 unspecified atom stereocenters. The first-order valence-electron chi connectivity index (χ1n) is 4.33. The largest absolute Gasteiger partial charge is 0.465 e. The number of nitrogens with two attached hydrogens (primary N) is 1. The monoisotopic (exact) mass is 212 g/mol. The van der Waals surface area contributed by atoms with E-state index in [0.717, 1.165) is 4.68 Å². The van der Waals surface area contributed by atoms with Crippen molar-refractivity contribution in [1.29, 1.82) is 0 Å². The van der Waals surface area contributed by atoms with Gasteiger partial charge in [0.15, 0.2) is 5.69 Å². The fraction of sp³-hybridized carbons (Fsp3) is 0.333. The summed E-state index contributed by atoms with van der Waals surface area (Å²) in [4.78, 5) is 22.7. The topological polar surface area (TPSA) is 83.6 Å². The molecule has 2 N–H and O–H groups in total. The van der Waals surface area contributed by atoms with Gasteiger partial charge in [-0.25, -0.2) is 9.59 Å². The molecule has 0 radical (unpaired) electrons. The van der Waals surface area contributed by atoms with E-state index in [1.54, 1.807) is 6.92 Å². The molecule has 0 aliphatic carbocycles. The quantitative estimate of drug-likeness (QED) is 0.570. The zero-order valence-electron chi connectivity index (χ0n) is 8.52. The van der Waals surface area contributed by atoms with Crippen LogP contribution in [0.3, 0.4) is 0 Å². The van der Waals surface area contributed by atoms with Crippen LogP contribution >= 0.6 is 0 Å². The molecule has 6 heteroatoms. The van der Waals surface area contributed by atoms with Crippen molar-refractivity contribution in [1.82, 2.24) is 4.68 Å². The van der Waals surface area contributed by atoms with Crippen molar-refractivity contribution < 1.29 is 19.1 Å². The normalized spacial score (nSPS) is 9.73. The van der Waals surface area contributed by atoms with E-state index in [4.69, 9.17) is 10.6 Å². The van der Waals surface area contributed by atoms with Crippen LogP contribution in [0.2, 0.25) is 0 Å². The molecule has 0 aromatic carbocycles. The third kappa shape index (κ3) is 2.09. The lowest BCUT2D eigenvalue weighted by Gasteiger charge is -2.05. The predicted octanol–water partition coefficient (Wildman–Crippen LogP) is 0.165. The zero-order chi connectivity index (χ0) is 11.4. The fourth-order valence-electron chi connectivity index (χ4n) is 1.14. The average Bonchev–Trinajstić information content (AvgIpc) is 2.59. The van der Waals surface area contributed by atoms with E-state index in [2.05, 4.69) is 4.74 Å². The maximum Gasteiger partial charge on any atom is 0.357 e. The Morgan fingerprint density at radius 1 is 1.47 bits per heavy atom. The summed E-state index contributed by atoms with van der Waals surface area (Å²) in [7, 11) is 1.23. The Hall–Kier alpha value is -1.98. The molecule has 82 valence electrons. The fourth-order valence-corrected chi connectivity index (χ4v) is 1.14. The minimum absolute atomic E-state index is 0.0105. The van der Waals surface area contributed by atoms with Crippen LogP contribution in [0.1, 0.15) is 27.8 Å². The molecule has 15 heavy (non-hydrogen) atoms. The molecule has 1 aromatic heterocycles. The van der Waals surface area contributed by atoms with E-state index in [1.807, 2.05) is 0 Å². The highest BCUT2D eigenvalue weighted by Crippen LogP contribution is 2.11. The van der Waals surface area contributed by atoms with E-state index in [-0.39, 0.29) is 17.9 Å². The second-order valence-electron chi connectivity index (χ2n) is 2.70. The summed E-state index contributed by atoms with van der Waals surface area (Å²) < 4.78 is 10.3. The van der Waals surface area contributed by atoms with Gasteiger partial charge >= 0.3 is 11.9 Å². The van der Waals surface area contributed by atoms with E-state index < -0.39 is 11.9 Å². The SMILES string of the molecule is CCOC(=O)c1c(C(=O)OC)ccn1N. The number of carbonyl (C=O) groups is 2. The van der Waals surface area contributed by atoms with Gasteiger partial charge in [-0.15, -0.1) is 0 Å². The molecular weight excluding hydrogens is 200 g/mol. The van der Waals surface area contributed by atoms with Crippen molar-refractivity contribution in [3.05, 3.63) is 23.5 Å². The molecule has 0 saturated carbocycles. The van der Waals surface area contributed by atoms with Gasteiger partial charge < -0.3 is 15.3 Å². The first kappa shape index (κ1) is 11.1. The van der Waals surface area contributed by atoms with Crippen molar-refractivity contribution in [2.75, 3.05) is 19.6 Å². The lowest BCUT2D eigenvalue weighted by molar-refractivity contribution is 0.0495. The number of aromatic nitrogens is 1. The van der Waals surface area contributed by atoms with Crippen LogP contribution in [0.15, 0.2) is 12.3 Å². The van der Waals surface area contributed by atoms with Gasteiger partial charge in [-0.05, 0) is 13.0 Å². The molecule has 0 atom stereocenters. The van der Waals surface area contributed by atoms with Crippen molar-refractivity contribution in [3.63, 3.8) is 0 Å². The van der Waals surface area contributed by atoms with E-state index in [9.17, 15) is 9.59 Å². The lowest BCUT2D eigenvalue weighted by Crippen LogP contribution is -2.20. The van der Waals surface area contributed by atoms with Gasteiger partial charge in [-0.3, -0.25) is 4.68 Å². The Morgan fingerprint density at radius 2 is 2.13 bits per heavy atom. The Morgan fingerprint density at radius 3 is 2.67 bits per heavy atom. The minimum atomic E-state index is -0.648. The Kier molecular flexibility index (Phi) is 3.33. The van der Waals surface area contributed by atoms with E-state index in [1.165, 1.54) is 19.4 Å². The average molecular weight is 212 g/mol. The molecule has 0 fully saturated rings. The summed E-state index contributed by atoms with van der Waals surface area (Å²) in [5.74, 6) is 4.20. The van der Waals surface area contributed by atoms with Crippen LogP contribution in [0.5, 0.6) is 0 Å². The molecule has 6 nitrogen and oxygen atoms in total. The van der Waals surface area contributed by atoms with Crippen molar-refractivity contribution in [2.24, 2.45) is 0 Å². The number of esters is 2. The number of ether oxygens (including phenoxy) is 2. The zero-order valence-corrected chi connectivity index (χ0v) is 8.52. The summed E-state index contributed by atoms with van der Waals surface area (Å²) in [6.07, 6.45) is 1.39. The van der Waals surface area contributed by atoms with Crippen LogP contribution in [-0.2, 0) is 9.47 Å². The number of rotatable bonds is 3. The van der Waals surface area contributed by atoms with Gasteiger partial charge in [0, 0.05) is 6.20 Å². The molecule has 1 aromatic rings. The molecule has 0 bridgehead atoms. The Bertz CT molecular complexity index is 383. The number of nitrogen functional groups attached to an aromatic ring is 1. The highest BCUT2D eigenvalue weighted by molar-refractivity contribution is 6.02. The van der Waals surface area contributed by atoms with Crippen LogP contribution in [0, 0.1) is 0 Å². The number of hydrogen-bond acceptors (Lipinski definition) is 5. The number of nitrogens with zero attached hydrogens (tertiary/aromatic N) is 1. The van der Waals surface area contributed by atoms with Crippen molar-refractivity contribution >= 4 is 11.9 Å². The number of carbonyl (C=O) groups excluding carboxylic acids is 2. The number of methoxy groups -OCH3 is 1. The first-order valence-corrected chi connectivity index (χ1v) is 4.33. The van der Waals surface area contributed by atoms with Gasteiger partial charge in [0.1, 0.15) is 0 Å². The molecular formula is C9H12N2O4. The van der Waals surface area contributed by atoms with Gasteiger partial charge in [-0.2, -0.15) is 0 Å². The van der Waals surface area contributed by atoms with E-state index in [0.29, 0.717) is 0 Å². The summed E-state index contributed by atoms with van der Waals surface area (Å²) >= 11 is 0. The van der Waals surface area contributed by atoms with Crippen molar-refractivity contribution in [3.8, 4) is 0 Å².